The maximum Gasteiger partial charge on any atom is 0.225 e. The van der Waals surface area contributed by atoms with Gasteiger partial charge in [0.1, 0.15) is 17.7 Å². The van der Waals surface area contributed by atoms with Gasteiger partial charge < -0.3 is 19.9 Å². The lowest BCUT2D eigenvalue weighted by Gasteiger charge is -2.36. The molecule has 7 nitrogen and oxygen atoms in total. The second-order valence-electron chi connectivity index (χ2n) is 6.60. The van der Waals surface area contributed by atoms with Crippen molar-refractivity contribution in [2.24, 2.45) is 4.99 Å². The minimum absolute atomic E-state index is 0. The number of piperazine rings is 1. The van der Waals surface area contributed by atoms with Crippen molar-refractivity contribution in [3.63, 3.8) is 0 Å². The molecule has 0 bridgehead atoms. The molecule has 1 aromatic heterocycles. The number of nitrogens with one attached hydrogen (secondary N) is 1. The Morgan fingerprint density at radius 2 is 1.93 bits per heavy atom. The predicted molar refractivity (Wildman–Crippen MR) is 124 cm³/mol. The van der Waals surface area contributed by atoms with Crippen molar-refractivity contribution >= 4 is 35.9 Å². The quantitative estimate of drug-likeness (QED) is 0.364. The summed E-state index contributed by atoms with van der Waals surface area (Å²) < 4.78 is 19.1. The molecule has 0 radical (unpaired) electrons. The lowest BCUT2D eigenvalue weighted by Crippen LogP contribution is -2.53. The molecule has 1 N–H and O–H groups in total. The van der Waals surface area contributed by atoms with E-state index in [9.17, 15) is 4.39 Å². The standard InChI is InChI=1S/C20H27FN6O.HI/c1-3-22-19(25-15-16(2)28-18-7-4-6-17(21)14-18)26-10-12-27(13-11-26)20-23-8-5-9-24-20;/h4-9,14,16H,3,10-13,15H2,1-2H3,(H,22,25);1H. The van der Waals surface area contributed by atoms with E-state index in [0.29, 0.717) is 12.3 Å². The van der Waals surface area contributed by atoms with Crippen LogP contribution in [0, 0.1) is 5.82 Å². The number of guanidine groups is 1. The van der Waals surface area contributed by atoms with Gasteiger partial charge in [-0.3, -0.25) is 0 Å². The van der Waals surface area contributed by atoms with Crippen molar-refractivity contribution in [3.05, 3.63) is 48.5 Å². The van der Waals surface area contributed by atoms with Crippen LogP contribution in [0.25, 0.3) is 0 Å². The number of hydrogen-bond donors (Lipinski definition) is 1. The van der Waals surface area contributed by atoms with Crippen molar-refractivity contribution < 1.29 is 9.13 Å². The molecule has 158 valence electrons. The molecule has 0 amide bonds. The summed E-state index contributed by atoms with van der Waals surface area (Å²) >= 11 is 0. The van der Waals surface area contributed by atoms with Crippen LogP contribution in [0.1, 0.15) is 13.8 Å². The number of ether oxygens (including phenoxy) is 1. The molecule has 2 aromatic rings. The highest BCUT2D eigenvalue weighted by molar-refractivity contribution is 14.0. The first-order chi connectivity index (χ1) is 13.7. The zero-order valence-corrected chi connectivity index (χ0v) is 19.1. The van der Waals surface area contributed by atoms with Gasteiger partial charge in [-0.25, -0.2) is 19.4 Å². The van der Waals surface area contributed by atoms with Crippen molar-refractivity contribution in [2.75, 3.05) is 44.2 Å². The molecule has 2 heterocycles. The molecule has 29 heavy (non-hydrogen) atoms. The lowest BCUT2D eigenvalue weighted by atomic mass is 10.3. The molecule has 0 aliphatic carbocycles. The zero-order valence-electron chi connectivity index (χ0n) is 16.8. The number of benzene rings is 1. The second-order valence-corrected chi connectivity index (χ2v) is 6.60. The van der Waals surface area contributed by atoms with Gasteiger partial charge in [0, 0.05) is 51.2 Å². The normalized spacial score (nSPS) is 15.5. The van der Waals surface area contributed by atoms with Gasteiger partial charge in [0.2, 0.25) is 5.95 Å². The van der Waals surface area contributed by atoms with Gasteiger partial charge in [-0.15, -0.1) is 24.0 Å². The van der Waals surface area contributed by atoms with Crippen LogP contribution in [-0.4, -0.2) is 66.2 Å². The van der Waals surface area contributed by atoms with Crippen LogP contribution in [-0.2, 0) is 0 Å². The van der Waals surface area contributed by atoms with Gasteiger partial charge in [-0.2, -0.15) is 0 Å². The molecule has 1 fully saturated rings. The molecule has 0 saturated carbocycles. The fourth-order valence-corrected chi connectivity index (χ4v) is 3.02. The van der Waals surface area contributed by atoms with Crippen LogP contribution in [0.3, 0.4) is 0 Å². The summed E-state index contributed by atoms with van der Waals surface area (Å²) in [6, 6.07) is 8.00. The maximum absolute atomic E-state index is 13.3. The lowest BCUT2D eigenvalue weighted by molar-refractivity contribution is 0.228. The molecule has 1 aliphatic rings. The van der Waals surface area contributed by atoms with E-state index < -0.39 is 0 Å². The Morgan fingerprint density at radius 1 is 1.21 bits per heavy atom. The largest absolute Gasteiger partial charge is 0.489 e. The monoisotopic (exact) mass is 514 g/mol. The third kappa shape index (κ3) is 6.98. The highest BCUT2D eigenvalue weighted by Gasteiger charge is 2.21. The van der Waals surface area contributed by atoms with Crippen molar-refractivity contribution in [1.29, 1.82) is 0 Å². The minimum Gasteiger partial charge on any atom is -0.489 e. The van der Waals surface area contributed by atoms with Gasteiger partial charge >= 0.3 is 0 Å². The number of halogens is 2. The van der Waals surface area contributed by atoms with Crippen molar-refractivity contribution in [2.45, 2.75) is 20.0 Å². The van der Waals surface area contributed by atoms with Gasteiger partial charge in [-0.05, 0) is 32.0 Å². The number of aromatic nitrogens is 2. The van der Waals surface area contributed by atoms with Crippen LogP contribution >= 0.6 is 24.0 Å². The maximum atomic E-state index is 13.3. The fourth-order valence-electron chi connectivity index (χ4n) is 3.02. The average Bonchev–Trinajstić information content (AvgIpc) is 2.72. The van der Waals surface area contributed by atoms with E-state index in [0.717, 1.165) is 44.6 Å². The van der Waals surface area contributed by atoms with Crippen molar-refractivity contribution in [3.8, 4) is 5.75 Å². The van der Waals surface area contributed by atoms with E-state index in [2.05, 4.69) is 32.0 Å². The van der Waals surface area contributed by atoms with Gasteiger partial charge in [-0.1, -0.05) is 6.07 Å². The van der Waals surface area contributed by atoms with Crippen LogP contribution in [0.15, 0.2) is 47.7 Å². The second kappa shape index (κ2) is 11.7. The van der Waals surface area contributed by atoms with Gasteiger partial charge in [0.15, 0.2) is 5.96 Å². The molecule has 3 rings (SSSR count). The zero-order chi connectivity index (χ0) is 19.8. The van der Waals surface area contributed by atoms with Crippen LogP contribution in [0.5, 0.6) is 5.75 Å². The van der Waals surface area contributed by atoms with Gasteiger partial charge in [0.05, 0.1) is 6.54 Å². The smallest absolute Gasteiger partial charge is 0.225 e. The topological polar surface area (TPSA) is 65.9 Å². The Balaban J connectivity index is 0.00000300. The first-order valence-electron chi connectivity index (χ1n) is 9.63. The summed E-state index contributed by atoms with van der Waals surface area (Å²) in [6.45, 7) is 8.61. The molecule has 9 heteroatoms. The van der Waals surface area contributed by atoms with E-state index >= 15 is 0 Å². The van der Waals surface area contributed by atoms with Gasteiger partial charge in [0.25, 0.3) is 0 Å². The first-order valence-corrected chi connectivity index (χ1v) is 9.63. The van der Waals surface area contributed by atoms with Crippen LogP contribution in [0.2, 0.25) is 0 Å². The van der Waals surface area contributed by atoms with E-state index in [1.54, 1.807) is 24.5 Å². The Bertz CT molecular complexity index is 771. The predicted octanol–water partition coefficient (Wildman–Crippen LogP) is 2.79. The van der Waals surface area contributed by atoms with Crippen molar-refractivity contribution in [1.82, 2.24) is 20.2 Å². The fraction of sp³-hybridized carbons (Fsp3) is 0.450. The number of anilines is 1. The van der Waals surface area contributed by atoms with Crippen LogP contribution in [0.4, 0.5) is 10.3 Å². The third-order valence-electron chi connectivity index (χ3n) is 4.38. The Kier molecular flexibility index (Phi) is 9.36. The Morgan fingerprint density at radius 3 is 2.59 bits per heavy atom. The summed E-state index contributed by atoms with van der Waals surface area (Å²) in [6.07, 6.45) is 3.37. The summed E-state index contributed by atoms with van der Waals surface area (Å²) in [5, 5.41) is 3.35. The molecule has 1 aliphatic heterocycles. The van der Waals surface area contributed by atoms with E-state index in [1.165, 1.54) is 12.1 Å². The summed E-state index contributed by atoms with van der Waals surface area (Å²) in [4.78, 5) is 17.8. The molecular formula is C20H28FIN6O. The highest BCUT2D eigenvalue weighted by atomic mass is 127. The van der Waals surface area contributed by atoms with E-state index in [1.807, 2.05) is 13.0 Å². The molecule has 1 saturated heterocycles. The molecule has 1 atom stereocenters. The average molecular weight is 514 g/mol. The molecule has 1 unspecified atom stereocenters. The minimum atomic E-state index is -0.304. The van der Waals surface area contributed by atoms with Crippen LogP contribution < -0.4 is 15.0 Å². The first kappa shape index (κ1) is 23.1. The summed E-state index contributed by atoms with van der Waals surface area (Å²) in [5.41, 5.74) is 0. The van der Waals surface area contributed by atoms with E-state index in [4.69, 9.17) is 9.73 Å². The number of aliphatic imine (C=N–C) groups is 1. The molecule has 0 spiro atoms. The highest BCUT2D eigenvalue weighted by Crippen LogP contribution is 2.14. The third-order valence-corrected chi connectivity index (χ3v) is 4.38. The Labute approximate surface area is 188 Å². The SMILES string of the molecule is CCNC(=NCC(C)Oc1cccc(F)c1)N1CCN(c2ncccn2)CC1.I. The summed E-state index contributed by atoms with van der Waals surface area (Å²) in [7, 11) is 0. The van der Waals surface area contributed by atoms with E-state index in [-0.39, 0.29) is 35.9 Å². The summed E-state index contributed by atoms with van der Waals surface area (Å²) in [5.74, 6) is 1.85. The Hall–Kier alpha value is -2.17. The number of rotatable bonds is 6. The number of nitrogens with zero attached hydrogens (tertiary/aromatic N) is 5. The number of hydrogen-bond acceptors (Lipinski definition) is 5. The molecule has 1 aromatic carbocycles. The molecular weight excluding hydrogens is 486 g/mol.